The van der Waals surface area contributed by atoms with Crippen LogP contribution in [0.2, 0.25) is 0 Å². The molecule has 2 N–H and O–H groups in total. The molecule has 1 saturated heterocycles. The average Bonchev–Trinajstić information content (AvgIpc) is 3.03. The molecule has 2 aromatic carbocycles. The van der Waals surface area contributed by atoms with E-state index in [1.165, 1.54) is 42.0 Å². The summed E-state index contributed by atoms with van der Waals surface area (Å²) in [6, 6.07) is 12.9. The number of carboxylic acid groups (broad SMARTS) is 1. The smallest absolute Gasteiger partial charge is 0.290 e. The summed E-state index contributed by atoms with van der Waals surface area (Å²) in [5.74, 6) is 1.00. The highest BCUT2D eigenvalue weighted by Gasteiger charge is 2.44. The molecule has 1 heterocycles. The van der Waals surface area contributed by atoms with Gasteiger partial charge in [0.1, 0.15) is 5.75 Å². The van der Waals surface area contributed by atoms with Gasteiger partial charge in [-0.25, -0.2) is 0 Å². The van der Waals surface area contributed by atoms with Gasteiger partial charge in [0.25, 0.3) is 6.47 Å². The summed E-state index contributed by atoms with van der Waals surface area (Å²) >= 11 is 0. The van der Waals surface area contributed by atoms with Crippen molar-refractivity contribution in [3.8, 4) is 5.75 Å². The van der Waals surface area contributed by atoms with Crippen molar-refractivity contribution in [1.29, 1.82) is 0 Å². The fourth-order valence-corrected chi connectivity index (χ4v) is 5.06. The summed E-state index contributed by atoms with van der Waals surface area (Å²) < 4.78 is 6.16. The summed E-state index contributed by atoms with van der Waals surface area (Å²) in [4.78, 5) is 10.9. The number of likely N-dealkylation sites (tertiary alicyclic amines) is 1. The summed E-state index contributed by atoms with van der Waals surface area (Å²) in [6.07, 6.45) is 5.73. The van der Waals surface area contributed by atoms with Crippen LogP contribution in [0.25, 0.3) is 10.8 Å². The maximum Gasteiger partial charge on any atom is 0.290 e. The number of nitrogens with zero attached hydrogens (tertiary/aromatic N) is 1. The zero-order valence-electron chi connectivity index (χ0n) is 17.5. The van der Waals surface area contributed by atoms with E-state index in [9.17, 15) is 5.11 Å². The number of hydrogen-bond donors (Lipinski definition) is 2. The number of benzene rings is 2. The van der Waals surface area contributed by atoms with Crippen molar-refractivity contribution in [2.75, 3.05) is 13.1 Å². The standard InChI is InChI=1S/C23H31NO2.CH2O2/c1-17(2)26-21-11-10-18-7-3-4-8-19(18)20(21)15-24-14-6-13-23(16-24)12-5-9-22(23)25;2-1-3/h3-4,7-8,10-11,17,22,25H,5-6,9,12-16H2,1-2H3;1H,(H,2,3)/t22-,23-;/m1./s1. The molecule has 0 aromatic heterocycles. The topological polar surface area (TPSA) is 70.0 Å². The number of ether oxygens (including phenoxy) is 1. The molecule has 0 radical (unpaired) electrons. The Morgan fingerprint density at radius 2 is 1.93 bits per heavy atom. The Labute approximate surface area is 173 Å². The van der Waals surface area contributed by atoms with Crippen molar-refractivity contribution in [2.45, 2.75) is 64.7 Å². The third-order valence-corrected chi connectivity index (χ3v) is 6.29. The predicted octanol–water partition coefficient (Wildman–Crippen LogP) is 4.45. The molecule has 2 fully saturated rings. The van der Waals surface area contributed by atoms with E-state index in [1.54, 1.807) is 0 Å². The Morgan fingerprint density at radius 3 is 2.62 bits per heavy atom. The number of hydrogen-bond acceptors (Lipinski definition) is 4. The lowest BCUT2D eigenvalue weighted by molar-refractivity contribution is -0.122. The van der Waals surface area contributed by atoms with Crippen LogP contribution in [0.4, 0.5) is 0 Å². The largest absolute Gasteiger partial charge is 0.491 e. The van der Waals surface area contributed by atoms with E-state index in [2.05, 4.69) is 55.1 Å². The molecule has 1 aliphatic heterocycles. The molecule has 0 bridgehead atoms. The van der Waals surface area contributed by atoms with Gasteiger partial charge in [-0.1, -0.05) is 36.8 Å². The van der Waals surface area contributed by atoms with Gasteiger partial charge in [0, 0.05) is 24.1 Å². The van der Waals surface area contributed by atoms with Gasteiger partial charge in [0.2, 0.25) is 0 Å². The molecule has 1 saturated carbocycles. The molecular weight excluding hydrogens is 366 g/mol. The zero-order valence-corrected chi connectivity index (χ0v) is 17.5. The van der Waals surface area contributed by atoms with Crippen molar-refractivity contribution < 1.29 is 19.7 Å². The second-order valence-corrected chi connectivity index (χ2v) is 8.62. The molecule has 29 heavy (non-hydrogen) atoms. The first kappa shape index (κ1) is 21.6. The van der Waals surface area contributed by atoms with Gasteiger partial charge in [0.05, 0.1) is 12.2 Å². The van der Waals surface area contributed by atoms with Crippen LogP contribution in [0.1, 0.15) is 51.5 Å². The normalized spacial score (nSPS) is 24.5. The van der Waals surface area contributed by atoms with Crippen LogP contribution in [0.3, 0.4) is 0 Å². The molecule has 158 valence electrons. The highest BCUT2D eigenvalue weighted by Crippen LogP contribution is 2.45. The van der Waals surface area contributed by atoms with Gasteiger partial charge in [-0.05, 0) is 62.9 Å². The van der Waals surface area contributed by atoms with Crippen LogP contribution in [0.15, 0.2) is 36.4 Å². The van der Waals surface area contributed by atoms with Crippen LogP contribution in [-0.2, 0) is 11.3 Å². The van der Waals surface area contributed by atoms with E-state index in [-0.39, 0.29) is 24.1 Å². The van der Waals surface area contributed by atoms with Gasteiger partial charge < -0.3 is 14.9 Å². The first-order chi connectivity index (χ1) is 14.0. The molecule has 0 unspecified atom stereocenters. The predicted molar refractivity (Wildman–Crippen MR) is 115 cm³/mol. The number of fused-ring (bicyclic) bond motifs is 1. The molecule has 0 amide bonds. The molecule has 1 spiro atoms. The maximum atomic E-state index is 10.6. The molecule has 2 aliphatic rings. The first-order valence-electron chi connectivity index (χ1n) is 10.6. The molecule has 2 aromatic rings. The fourth-order valence-electron chi connectivity index (χ4n) is 5.06. The van der Waals surface area contributed by atoms with E-state index < -0.39 is 0 Å². The van der Waals surface area contributed by atoms with E-state index in [1.807, 2.05) is 0 Å². The lowest BCUT2D eigenvalue weighted by Crippen LogP contribution is -2.46. The first-order valence-corrected chi connectivity index (χ1v) is 10.6. The van der Waals surface area contributed by atoms with Crippen LogP contribution in [-0.4, -0.2) is 46.9 Å². The average molecular weight is 400 g/mol. The van der Waals surface area contributed by atoms with Gasteiger partial charge >= 0.3 is 0 Å². The highest BCUT2D eigenvalue weighted by molar-refractivity contribution is 5.87. The number of aliphatic hydroxyl groups excluding tert-OH is 1. The van der Waals surface area contributed by atoms with E-state index in [4.69, 9.17) is 14.6 Å². The summed E-state index contributed by atoms with van der Waals surface area (Å²) in [7, 11) is 0. The third-order valence-electron chi connectivity index (χ3n) is 6.29. The number of aliphatic hydroxyl groups is 1. The maximum absolute atomic E-state index is 10.6. The zero-order chi connectivity index (χ0) is 20.9. The summed E-state index contributed by atoms with van der Waals surface area (Å²) in [5.41, 5.74) is 1.42. The number of piperidine rings is 1. The Bertz CT molecular complexity index is 822. The van der Waals surface area contributed by atoms with Crippen LogP contribution >= 0.6 is 0 Å². The van der Waals surface area contributed by atoms with Gasteiger partial charge in [-0.15, -0.1) is 0 Å². The van der Waals surface area contributed by atoms with Gasteiger partial charge in [0.15, 0.2) is 0 Å². The monoisotopic (exact) mass is 399 g/mol. The minimum absolute atomic E-state index is 0.121. The van der Waals surface area contributed by atoms with Crippen LogP contribution in [0, 0.1) is 5.41 Å². The van der Waals surface area contributed by atoms with Crippen molar-refractivity contribution in [3.63, 3.8) is 0 Å². The second kappa shape index (κ2) is 9.59. The molecule has 4 rings (SSSR count). The minimum Gasteiger partial charge on any atom is -0.491 e. The van der Waals surface area contributed by atoms with Crippen molar-refractivity contribution in [1.82, 2.24) is 4.90 Å². The van der Waals surface area contributed by atoms with Crippen molar-refractivity contribution in [3.05, 3.63) is 42.0 Å². The lowest BCUT2D eigenvalue weighted by atomic mass is 9.76. The molecule has 1 aliphatic carbocycles. The minimum atomic E-state index is -0.250. The third kappa shape index (κ3) is 4.90. The Balaban J connectivity index is 0.000000755. The lowest BCUT2D eigenvalue weighted by Gasteiger charge is -2.43. The Kier molecular flexibility index (Phi) is 7.14. The fraction of sp³-hybridized carbons (Fsp3) is 0.542. The molecule has 5 nitrogen and oxygen atoms in total. The van der Waals surface area contributed by atoms with E-state index in [0.717, 1.165) is 31.8 Å². The van der Waals surface area contributed by atoms with Crippen molar-refractivity contribution >= 4 is 17.2 Å². The Morgan fingerprint density at radius 1 is 1.21 bits per heavy atom. The second-order valence-electron chi connectivity index (χ2n) is 8.62. The molecule has 2 atom stereocenters. The van der Waals surface area contributed by atoms with E-state index in [0.29, 0.717) is 0 Å². The SMILES string of the molecule is CC(C)Oc1ccc2ccccc2c1CN1CCC[C@]2(CCC[C@H]2O)C1.O=CO. The number of rotatable bonds is 4. The van der Waals surface area contributed by atoms with Crippen LogP contribution < -0.4 is 4.74 Å². The molecular formula is C24H33NO4. The van der Waals surface area contributed by atoms with Gasteiger partial charge in [-0.2, -0.15) is 0 Å². The Hall–Kier alpha value is -2.11. The molecule has 5 heteroatoms. The summed E-state index contributed by atoms with van der Waals surface area (Å²) in [6.45, 7) is 6.95. The summed E-state index contributed by atoms with van der Waals surface area (Å²) in [5, 5.41) is 20.0. The van der Waals surface area contributed by atoms with Gasteiger partial charge in [-0.3, -0.25) is 9.69 Å². The van der Waals surface area contributed by atoms with Crippen molar-refractivity contribution in [2.24, 2.45) is 5.41 Å². The quantitative estimate of drug-likeness (QED) is 0.743. The number of carbonyl (C=O) groups is 1. The van der Waals surface area contributed by atoms with Crippen LogP contribution in [0.5, 0.6) is 5.75 Å². The van der Waals surface area contributed by atoms with E-state index >= 15 is 0 Å². The highest BCUT2D eigenvalue weighted by atomic mass is 16.5.